The van der Waals surface area contributed by atoms with Gasteiger partial charge >= 0.3 is 0 Å². The highest BCUT2D eigenvalue weighted by atomic mass is 16.5. The number of methoxy groups -OCH3 is 2. The highest BCUT2D eigenvalue weighted by Crippen LogP contribution is 2.36. The number of ether oxygens (including phenoxy) is 2. The second-order valence-corrected chi connectivity index (χ2v) is 5.55. The van der Waals surface area contributed by atoms with E-state index in [0.29, 0.717) is 5.92 Å². The minimum atomic E-state index is 0.535. The van der Waals surface area contributed by atoms with Crippen LogP contribution in [0.5, 0.6) is 11.5 Å². The van der Waals surface area contributed by atoms with Crippen LogP contribution >= 0.6 is 0 Å². The van der Waals surface area contributed by atoms with Crippen molar-refractivity contribution in [2.45, 2.75) is 44.9 Å². The second-order valence-electron chi connectivity index (χ2n) is 5.55. The number of unbranched alkanes of at least 4 members (excludes halogenated alkanes) is 1. The fraction of sp³-hybridized carbons (Fsp3) is 0.647. The maximum absolute atomic E-state index is 5.64. The Kier molecular flexibility index (Phi) is 5.72. The molecule has 0 radical (unpaired) electrons. The van der Waals surface area contributed by atoms with Gasteiger partial charge in [-0.1, -0.05) is 13.3 Å². The lowest BCUT2D eigenvalue weighted by Crippen LogP contribution is -2.28. The largest absolute Gasteiger partial charge is 0.496 e. The van der Waals surface area contributed by atoms with E-state index in [1.54, 1.807) is 14.2 Å². The SMILES string of the molecule is CCCCc1cc(OC)c([C@@H]2CCCNC2)cc1OC. The number of piperidine rings is 1. The molecule has 0 bridgehead atoms. The van der Waals surface area contributed by atoms with E-state index in [2.05, 4.69) is 24.4 Å². The molecule has 1 saturated heterocycles. The molecule has 1 aliphatic rings. The number of aryl methyl sites for hydroxylation is 1. The molecular formula is C17H27NO2. The van der Waals surface area contributed by atoms with Gasteiger partial charge in [-0.05, 0) is 49.9 Å². The van der Waals surface area contributed by atoms with Crippen molar-refractivity contribution in [3.05, 3.63) is 23.3 Å². The quantitative estimate of drug-likeness (QED) is 0.863. The van der Waals surface area contributed by atoms with Crippen LogP contribution in [0.1, 0.15) is 49.7 Å². The Bertz CT molecular complexity index is 425. The lowest BCUT2D eigenvalue weighted by atomic mass is 9.89. The van der Waals surface area contributed by atoms with Gasteiger partial charge in [0.25, 0.3) is 0 Å². The van der Waals surface area contributed by atoms with Crippen LogP contribution in [0, 0.1) is 0 Å². The Morgan fingerprint density at radius 3 is 2.60 bits per heavy atom. The van der Waals surface area contributed by atoms with E-state index in [-0.39, 0.29) is 0 Å². The van der Waals surface area contributed by atoms with Crippen LogP contribution in [0.3, 0.4) is 0 Å². The van der Waals surface area contributed by atoms with Crippen molar-refractivity contribution in [1.82, 2.24) is 5.32 Å². The molecular weight excluding hydrogens is 250 g/mol. The predicted molar refractivity (Wildman–Crippen MR) is 83.0 cm³/mol. The summed E-state index contributed by atoms with van der Waals surface area (Å²) in [5.41, 5.74) is 2.55. The van der Waals surface area contributed by atoms with Crippen molar-refractivity contribution in [2.24, 2.45) is 0 Å². The summed E-state index contributed by atoms with van der Waals surface area (Å²) in [6.07, 6.45) is 5.89. The third kappa shape index (κ3) is 3.45. The zero-order valence-electron chi connectivity index (χ0n) is 13.0. The Labute approximate surface area is 122 Å². The minimum absolute atomic E-state index is 0.535. The summed E-state index contributed by atoms with van der Waals surface area (Å²) in [4.78, 5) is 0. The van der Waals surface area contributed by atoms with Gasteiger partial charge in [-0.2, -0.15) is 0 Å². The molecule has 1 aromatic carbocycles. The number of benzene rings is 1. The molecule has 0 aromatic heterocycles. The molecule has 1 atom stereocenters. The molecule has 0 spiro atoms. The van der Waals surface area contributed by atoms with E-state index in [1.807, 2.05) is 0 Å². The number of rotatable bonds is 6. The lowest BCUT2D eigenvalue weighted by Gasteiger charge is -2.26. The number of hydrogen-bond donors (Lipinski definition) is 1. The Hall–Kier alpha value is -1.22. The van der Waals surface area contributed by atoms with Crippen LogP contribution in [-0.4, -0.2) is 27.3 Å². The molecule has 0 aliphatic carbocycles. The first-order valence-corrected chi connectivity index (χ1v) is 7.75. The third-order valence-corrected chi connectivity index (χ3v) is 4.17. The molecule has 3 nitrogen and oxygen atoms in total. The van der Waals surface area contributed by atoms with Gasteiger partial charge in [0.2, 0.25) is 0 Å². The molecule has 1 fully saturated rings. The van der Waals surface area contributed by atoms with Crippen molar-refractivity contribution in [3.63, 3.8) is 0 Å². The highest BCUT2D eigenvalue weighted by molar-refractivity contribution is 5.48. The zero-order valence-corrected chi connectivity index (χ0v) is 13.0. The Balaban J connectivity index is 2.30. The first-order valence-electron chi connectivity index (χ1n) is 7.75. The molecule has 112 valence electrons. The summed E-state index contributed by atoms with van der Waals surface area (Å²) in [7, 11) is 3.53. The van der Waals surface area contributed by atoms with Crippen molar-refractivity contribution in [2.75, 3.05) is 27.3 Å². The normalized spacial score (nSPS) is 18.9. The van der Waals surface area contributed by atoms with Crippen LogP contribution < -0.4 is 14.8 Å². The summed E-state index contributed by atoms with van der Waals surface area (Å²) >= 11 is 0. The van der Waals surface area contributed by atoms with E-state index in [9.17, 15) is 0 Å². The summed E-state index contributed by atoms with van der Waals surface area (Å²) in [6.45, 7) is 4.38. The number of nitrogens with one attached hydrogen (secondary N) is 1. The monoisotopic (exact) mass is 277 g/mol. The van der Waals surface area contributed by atoms with Crippen molar-refractivity contribution >= 4 is 0 Å². The predicted octanol–water partition coefficient (Wildman–Crippen LogP) is 3.51. The summed E-state index contributed by atoms with van der Waals surface area (Å²) < 4.78 is 11.2. The van der Waals surface area contributed by atoms with E-state index in [1.165, 1.54) is 36.8 Å². The molecule has 1 heterocycles. The molecule has 1 N–H and O–H groups in total. The molecule has 20 heavy (non-hydrogen) atoms. The first kappa shape index (κ1) is 15.2. The van der Waals surface area contributed by atoms with Gasteiger partial charge in [-0.25, -0.2) is 0 Å². The molecule has 2 rings (SSSR count). The van der Waals surface area contributed by atoms with Crippen LogP contribution in [0.25, 0.3) is 0 Å². The summed E-state index contributed by atoms with van der Waals surface area (Å²) in [5, 5.41) is 3.47. The van der Waals surface area contributed by atoms with E-state index >= 15 is 0 Å². The first-order chi connectivity index (χ1) is 9.80. The molecule has 0 amide bonds. The summed E-state index contributed by atoms with van der Waals surface area (Å²) in [5.74, 6) is 2.57. The van der Waals surface area contributed by atoms with Gasteiger partial charge in [0.05, 0.1) is 14.2 Å². The van der Waals surface area contributed by atoms with Crippen LogP contribution in [0.15, 0.2) is 12.1 Å². The topological polar surface area (TPSA) is 30.5 Å². The maximum atomic E-state index is 5.64. The van der Waals surface area contributed by atoms with Crippen molar-refractivity contribution in [1.29, 1.82) is 0 Å². The standard InChI is InChI=1S/C17H27NO2/c1-4-5-7-13-10-17(20-3)15(11-16(13)19-2)14-8-6-9-18-12-14/h10-11,14,18H,4-9,12H2,1-3H3/t14-/m1/s1. The minimum Gasteiger partial charge on any atom is -0.496 e. The maximum Gasteiger partial charge on any atom is 0.122 e. The summed E-state index contributed by atoms with van der Waals surface area (Å²) in [6, 6.07) is 4.37. The third-order valence-electron chi connectivity index (χ3n) is 4.17. The smallest absolute Gasteiger partial charge is 0.122 e. The number of hydrogen-bond acceptors (Lipinski definition) is 3. The van der Waals surface area contributed by atoms with E-state index in [0.717, 1.165) is 31.0 Å². The molecule has 1 aromatic rings. The molecule has 1 aliphatic heterocycles. The van der Waals surface area contributed by atoms with Gasteiger partial charge in [0.15, 0.2) is 0 Å². The molecule has 0 saturated carbocycles. The Morgan fingerprint density at radius 2 is 2.00 bits per heavy atom. The second kappa shape index (κ2) is 7.53. The van der Waals surface area contributed by atoms with Crippen LogP contribution in [-0.2, 0) is 6.42 Å². The average Bonchev–Trinajstić information content (AvgIpc) is 2.52. The van der Waals surface area contributed by atoms with Crippen molar-refractivity contribution in [3.8, 4) is 11.5 Å². The van der Waals surface area contributed by atoms with Gasteiger partial charge in [0, 0.05) is 18.0 Å². The van der Waals surface area contributed by atoms with E-state index in [4.69, 9.17) is 9.47 Å². The van der Waals surface area contributed by atoms with Gasteiger partial charge in [-0.15, -0.1) is 0 Å². The van der Waals surface area contributed by atoms with Crippen LogP contribution in [0.4, 0.5) is 0 Å². The van der Waals surface area contributed by atoms with Crippen LogP contribution in [0.2, 0.25) is 0 Å². The highest BCUT2D eigenvalue weighted by Gasteiger charge is 2.21. The molecule has 0 unspecified atom stereocenters. The fourth-order valence-electron chi connectivity index (χ4n) is 2.98. The Morgan fingerprint density at radius 1 is 1.20 bits per heavy atom. The van der Waals surface area contributed by atoms with E-state index < -0.39 is 0 Å². The van der Waals surface area contributed by atoms with Gasteiger partial charge in [-0.3, -0.25) is 0 Å². The molecule has 3 heteroatoms. The van der Waals surface area contributed by atoms with Gasteiger partial charge in [0.1, 0.15) is 11.5 Å². The van der Waals surface area contributed by atoms with Crippen molar-refractivity contribution < 1.29 is 9.47 Å². The average molecular weight is 277 g/mol. The lowest BCUT2D eigenvalue weighted by molar-refractivity contribution is 0.381. The zero-order chi connectivity index (χ0) is 14.4. The fourth-order valence-corrected chi connectivity index (χ4v) is 2.98. The van der Waals surface area contributed by atoms with Gasteiger partial charge < -0.3 is 14.8 Å².